The Bertz CT molecular complexity index is 1860. The predicted octanol–water partition coefficient (Wildman–Crippen LogP) is 0.334. The van der Waals surface area contributed by atoms with Gasteiger partial charge < -0.3 is 51.6 Å². The molecule has 1 aliphatic heterocycles. The Morgan fingerprint density at radius 3 is 1.95 bits per heavy atom. The molecular formula is C40H58N7O12P. The summed E-state index contributed by atoms with van der Waals surface area (Å²) in [5.41, 5.74) is 6.83. The molecule has 1 saturated heterocycles. The summed E-state index contributed by atoms with van der Waals surface area (Å²) in [5, 5.41) is 22.9. The fraction of sp³-hybridized carbons (Fsp3) is 0.525. The lowest BCUT2D eigenvalue weighted by molar-refractivity contribution is -0.140. The van der Waals surface area contributed by atoms with Crippen molar-refractivity contribution in [1.29, 1.82) is 0 Å². The number of phenolic OH excluding ortho intramolecular Hbond substituents is 1. The second kappa shape index (κ2) is 22.9. The van der Waals surface area contributed by atoms with Crippen molar-refractivity contribution in [3.8, 4) is 11.5 Å². The third kappa shape index (κ3) is 15.7. The number of phosphoric acid groups is 1. The summed E-state index contributed by atoms with van der Waals surface area (Å²) < 4.78 is 15.8. The lowest BCUT2D eigenvalue weighted by Gasteiger charge is -2.29. The van der Waals surface area contributed by atoms with E-state index in [-0.39, 0.29) is 43.2 Å². The van der Waals surface area contributed by atoms with Gasteiger partial charge in [-0.05, 0) is 73.4 Å². The molecule has 20 heteroatoms. The lowest BCUT2D eigenvalue weighted by Crippen LogP contribution is -2.58. The van der Waals surface area contributed by atoms with Gasteiger partial charge >= 0.3 is 7.82 Å². The molecule has 0 unspecified atom stereocenters. The molecule has 0 bridgehead atoms. The average Bonchev–Trinajstić information content (AvgIpc) is 3.69. The first-order valence-corrected chi connectivity index (χ1v) is 21.4. The van der Waals surface area contributed by atoms with Gasteiger partial charge in [-0.1, -0.05) is 58.4 Å². The molecule has 3 rings (SSSR count). The molecule has 0 aromatic heterocycles. The zero-order valence-corrected chi connectivity index (χ0v) is 35.4. The Morgan fingerprint density at radius 2 is 1.42 bits per heavy atom. The van der Waals surface area contributed by atoms with Crippen LogP contribution in [-0.2, 0) is 51.0 Å². The molecule has 1 aliphatic rings. The third-order valence-corrected chi connectivity index (χ3v) is 10.4. The van der Waals surface area contributed by atoms with Gasteiger partial charge in [0, 0.05) is 19.4 Å². The maximum Gasteiger partial charge on any atom is 0.524 e. The first-order chi connectivity index (χ1) is 28.2. The minimum absolute atomic E-state index is 0.0145. The van der Waals surface area contributed by atoms with Crippen molar-refractivity contribution in [3.05, 3.63) is 59.7 Å². The highest BCUT2D eigenvalue weighted by molar-refractivity contribution is 7.46. The van der Waals surface area contributed by atoms with E-state index in [1.165, 1.54) is 48.2 Å². The molecule has 0 aliphatic carbocycles. The number of nitrogens with zero attached hydrogens (tertiary/aromatic N) is 1. The summed E-state index contributed by atoms with van der Waals surface area (Å²) in [6.07, 6.45) is 2.02. The van der Waals surface area contributed by atoms with E-state index < -0.39 is 92.0 Å². The second-order valence-electron chi connectivity index (χ2n) is 15.4. The first kappa shape index (κ1) is 49.0. The SMILES string of the molecule is CC[C@H](C)[C@H](NC(=O)[C@H](Cc1ccc(O)cc1)NC(=O)[C@H](C)N)C(=O)NCC(=O)N1CCC[C@H]1C(=O)N[C@@H](Cc1ccc(OP(=O)(O)O)cc1)C(=O)N[C@H](C=O)CC(C)C. The van der Waals surface area contributed by atoms with Gasteiger partial charge in [0.15, 0.2) is 0 Å². The molecule has 0 saturated carbocycles. The fourth-order valence-corrected chi connectivity index (χ4v) is 6.92. The number of rotatable bonds is 22. The molecule has 1 heterocycles. The molecule has 2 aromatic rings. The monoisotopic (exact) mass is 859 g/mol. The van der Waals surface area contributed by atoms with Gasteiger partial charge in [0.05, 0.1) is 18.6 Å². The highest BCUT2D eigenvalue weighted by Gasteiger charge is 2.37. The van der Waals surface area contributed by atoms with Crippen molar-refractivity contribution < 1.29 is 57.5 Å². The maximum absolute atomic E-state index is 13.8. The van der Waals surface area contributed by atoms with E-state index in [0.717, 1.165) is 0 Å². The molecule has 19 nitrogen and oxygen atoms in total. The van der Waals surface area contributed by atoms with Crippen LogP contribution >= 0.6 is 7.82 Å². The van der Waals surface area contributed by atoms with Crippen molar-refractivity contribution in [2.75, 3.05) is 13.1 Å². The number of nitrogens with one attached hydrogen (secondary N) is 5. The normalized spacial score (nSPS) is 16.9. The summed E-state index contributed by atoms with van der Waals surface area (Å²) in [4.78, 5) is 112. The number of hydrogen-bond acceptors (Lipinski definition) is 11. The number of hydrogen-bond donors (Lipinski definition) is 9. The predicted molar refractivity (Wildman–Crippen MR) is 219 cm³/mol. The summed E-state index contributed by atoms with van der Waals surface area (Å²) in [5.74, 6) is -4.32. The van der Waals surface area contributed by atoms with Gasteiger partial charge in [0.1, 0.15) is 42.0 Å². The highest BCUT2D eigenvalue weighted by atomic mass is 31.2. The molecule has 330 valence electrons. The molecule has 7 atom stereocenters. The van der Waals surface area contributed by atoms with Crippen LogP contribution in [0.4, 0.5) is 0 Å². The lowest BCUT2D eigenvalue weighted by atomic mass is 9.97. The van der Waals surface area contributed by atoms with E-state index >= 15 is 0 Å². The quantitative estimate of drug-likeness (QED) is 0.0571. The van der Waals surface area contributed by atoms with Crippen molar-refractivity contribution in [2.24, 2.45) is 17.6 Å². The smallest absolute Gasteiger partial charge is 0.508 e. The Hall–Kier alpha value is -5.36. The largest absolute Gasteiger partial charge is 0.524 e. The molecule has 0 radical (unpaired) electrons. The van der Waals surface area contributed by atoms with E-state index in [9.17, 15) is 43.2 Å². The van der Waals surface area contributed by atoms with Crippen LogP contribution in [0.1, 0.15) is 71.4 Å². The number of carbonyl (C=O) groups excluding carboxylic acids is 7. The van der Waals surface area contributed by atoms with E-state index in [1.54, 1.807) is 19.1 Å². The van der Waals surface area contributed by atoms with Crippen LogP contribution in [0.25, 0.3) is 0 Å². The van der Waals surface area contributed by atoms with Crippen molar-refractivity contribution in [1.82, 2.24) is 31.5 Å². The maximum atomic E-state index is 13.8. The number of phenols is 1. The number of phosphoric ester groups is 1. The molecule has 0 spiro atoms. The van der Waals surface area contributed by atoms with Gasteiger partial charge in [-0.3, -0.25) is 38.6 Å². The number of likely N-dealkylation sites (tertiary alicyclic amines) is 1. The summed E-state index contributed by atoms with van der Waals surface area (Å²) in [7, 11) is -4.82. The van der Waals surface area contributed by atoms with E-state index in [4.69, 9.17) is 15.5 Å². The van der Waals surface area contributed by atoms with Gasteiger partial charge in [-0.2, -0.15) is 0 Å². The molecule has 60 heavy (non-hydrogen) atoms. The number of aldehydes is 1. The van der Waals surface area contributed by atoms with Crippen LogP contribution in [0.5, 0.6) is 11.5 Å². The Labute approximate surface area is 349 Å². The molecule has 6 amide bonds. The number of nitrogens with two attached hydrogens (primary N) is 1. The van der Waals surface area contributed by atoms with Crippen molar-refractivity contribution in [3.63, 3.8) is 0 Å². The van der Waals surface area contributed by atoms with Gasteiger partial charge in [0.2, 0.25) is 35.4 Å². The zero-order valence-electron chi connectivity index (χ0n) is 34.5. The minimum atomic E-state index is -4.82. The third-order valence-electron chi connectivity index (χ3n) is 9.94. The van der Waals surface area contributed by atoms with Crippen LogP contribution in [0.15, 0.2) is 48.5 Å². The topological polar surface area (TPSA) is 296 Å². The summed E-state index contributed by atoms with van der Waals surface area (Å²) in [6, 6.07) is 5.27. The Kier molecular flexibility index (Phi) is 18.7. The van der Waals surface area contributed by atoms with Crippen LogP contribution in [0, 0.1) is 11.8 Å². The molecule has 1 fully saturated rings. The number of aromatic hydroxyl groups is 1. The standard InChI is InChI=1S/C40H58N7O12P/c1-6-24(4)35(46-38(53)32(44-36(51)25(5)41)19-26-9-13-29(49)14-10-26)40(55)42-21-34(50)47-17-7-8-33(47)39(54)45-31(37(52)43-28(22-48)18-23(2)3)20-27-11-15-30(16-12-27)59-60(56,57)58/h9-16,22-25,28,31-33,35,49H,6-8,17-21,41H2,1-5H3,(H,42,55)(H,43,52)(H,44,51)(H,45,54)(H,46,53)(H2,56,57,58)/t24-,25-,28-,31-,32-,33-,35-/m0/s1. The highest BCUT2D eigenvalue weighted by Crippen LogP contribution is 2.37. The molecule has 2 aromatic carbocycles. The van der Waals surface area contributed by atoms with Gasteiger partial charge in [-0.15, -0.1) is 0 Å². The van der Waals surface area contributed by atoms with Crippen molar-refractivity contribution >= 4 is 49.6 Å². The van der Waals surface area contributed by atoms with Crippen LogP contribution in [0.3, 0.4) is 0 Å². The first-order valence-electron chi connectivity index (χ1n) is 19.8. The van der Waals surface area contributed by atoms with Crippen LogP contribution in [-0.4, -0.2) is 111 Å². The van der Waals surface area contributed by atoms with Gasteiger partial charge in [-0.25, -0.2) is 4.57 Å². The number of carbonyl (C=O) groups is 7. The Morgan fingerprint density at radius 1 is 0.850 bits per heavy atom. The van der Waals surface area contributed by atoms with Crippen molar-refractivity contribution in [2.45, 2.75) is 109 Å². The molecule has 10 N–H and O–H groups in total. The van der Waals surface area contributed by atoms with E-state index in [1.807, 2.05) is 20.8 Å². The number of amides is 6. The van der Waals surface area contributed by atoms with Gasteiger partial charge in [0.25, 0.3) is 0 Å². The second-order valence-corrected chi connectivity index (χ2v) is 16.6. The average molecular weight is 860 g/mol. The number of benzene rings is 2. The van der Waals surface area contributed by atoms with E-state index in [2.05, 4.69) is 31.1 Å². The Balaban J connectivity index is 1.73. The van der Waals surface area contributed by atoms with Crippen LogP contribution in [0.2, 0.25) is 0 Å². The summed E-state index contributed by atoms with van der Waals surface area (Å²) >= 11 is 0. The summed E-state index contributed by atoms with van der Waals surface area (Å²) in [6.45, 7) is 8.41. The molecular weight excluding hydrogens is 801 g/mol. The fourth-order valence-electron chi connectivity index (χ4n) is 6.52. The van der Waals surface area contributed by atoms with Crippen LogP contribution < -0.4 is 36.8 Å². The minimum Gasteiger partial charge on any atom is -0.508 e. The van der Waals surface area contributed by atoms with E-state index in [0.29, 0.717) is 36.7 Å². The zero-order chi connectivity index (χ0) is 44.7.